The highest BCUT2D eigenvalue weighted by Crippen LogP contribution is 2.20. The van der Waals surface area contributed by atoms with E-state index in [4.69, 9.17) is 16.7 Å². The maximum absolute atomic E-state index is 13.5. The van der Waals surface area contributed by atoms with Crippen molar-refractivity contribution in [3.05, 3.63) is 29.3 Å². The van der Waals surface area contributed by atoms with Gasteiger partial charge in [-0.15, -0.1) is 11.6 Å². The van der Waals surface area contributed by atoms with Crippen LogP contribution in [0.15, 0.2) is 17.0 Å². The van der Waals surface area contributed by atoms with Gasteiger partial charge in [0.1, 0.15) is 16.3 Å². The van der Waals surface area contributed by atoms with E-state index in [2.05, 4.69) is 0 Å². The second-order valence-electron chi connectivity index (χ2n) is 2.82. The zero-order valence-electron chi connectivity index (χ0n) is 8.08. The lowest BCUT2D eigenvalue weighted by molar-refractivity contribution is 0.0685. The quantitative estimate of drug-likeness (QED) is 0.642. The van der Waals surface area contributed by atoms with Crippen LogP contribution in [0.5, 0.6) is 0 Å². The number of halogens is 3. The van der Waals surface area contributed by atoms with Crippen molar-refractivity contribution in [3.63, 3.8) is 0 Å². The van der Waals surface area contributed by atoms with Gasteiger partial charge in [-0.1, -0.05) is 0 Å². The van der Waals surface area contributed by atoms with Crippen LogP contribution in [0.3, 0.4) is 0 Å². The predicted molar refractivity (Wildman–Crippen MR) is 54.4 cm³/mol. The molecule has 0 saturated heterocycles. The first-order chi connectivity index (χ1) is 7.81. The number of carboxylic acid groups (broad SMARTS) is 1. The van der Waals surface area contributed by atoms with E-state index < -0.39 is 44.1 Å². The summed E-state index contributed by atoms with van der Waals surface area (Å²) in [5, 5.41) is 8.55. The van der Waals surface area contributed by atoms with Crippen molar-refractivity contribution in [3.8, 4) is 0 Å². The number of rotatable bonds is 4. The summed E-state index contributed by atoms with van der Waals surface area (Å²) >= 11 is 5.12. The van der Waals surface area contributed by atoms with Gasteiger partial charge in [0.05, 0.1) is 6.00 Å². The van der Waals surface area contributed by atoms with Crippen LogP contribution < -0.4 is 4.72 Å². The Bertz CT molecular complexity index is 561. The molecule has 5 nitrogen and oxygen atoms in total. The van der Waals surface area contributed by atoms with Gasteiger partial charge in [-0.3, -0.25) is 0 Å². The third-order valence-corrected chi connectivity index (χ3v) is 3.51. The average molecular weight is 286 g/mol. The number of hydrogen-bond donors (Lipinski definition) is 2. The lowest BCUT2D eigenvalue weighted by Gasteiger charge is -2.07. The lowest BCUT2D eigenvalue weighted by Crippen LogP contribution is -2.24. The molecule has 0 atom stereocenters. The molecule has 2 N–H and O–H groups in total. The van der Waals surface area contributed by atoms with Crippen molar-refractivity contribution < 1.29 is 27.1 Å². The smallest absolute Gasteiger partial charge is 0.341 e. The number of carboxylic acids is 1. The fourth-order valence-electron chi connectivity index (χ4n) is 1.09. The van der Waals surface area contributed by atoms with Gasteiger partial charge in [0.25, 0.3) is 0 Å². The van der Waals surface area contributed by atoms with Gasteiger partial charge < -0.3 is 5.11 Å². The summed E-state index contributed by atoms with van der Waals surface area (Å²) < 4.78 is 51.0. The molecule has 9 heteroatoms. The van der Waals surface area contributed by atoms with E-state index in [9.17, 15) is 22.0 Å². The molecule has 1 aromatic rings. The lowest BCUT2D eigenvalue weighted by atomic mass is 10.2. The highest BCUT2D eigenvalue weighted by molar-refractivity contribution is 7.89. The molecular formula is C8H6ClF2NO4S. The van der Waals surface area contributed by atoms with Crippen LogP contribution >= 0.6 is 11.6 Å². The van der Waals surface area contributed by atoms with Gasteiger partial charge in [0.2, 0.25) is 10.0 Å². The monoisotopic (exact) mass is 285 g/mol. The van der Waals surface area contributed by atoms with E-state index in [0.29, 0.717) is 12.1 Å². The van der Waals surface area contributed by atoms with Crippen LogP contribution in [0.1, 0.15) is 10.4 Å². The van der Waals surface area contributed by atoms with Gasteiger partial charge in [-0.05, 0) is 12.1 Å². The number of sulfonamides is 1. The predicted octanol–water partition coefficient (Wildman–Crippen LogP) is 1.14. The van der Waals surface area contributed by atoms with E-state index in [0.717, 1.165) is 0 Å². The fraction of sp³-hybridized carbons (Fsp3) is 0.125. The molecule has 0 fully saturated rings. The normalized spacial score (nSPS) is 11.5. The molecule has 1 rings (SSSR count). The first-order valence-corrected chi connectivity index (χ1v) is 6.10. The van der Waals surface area contributed by atoms with Crippen molar-refractivity contribution in [2.24, 2.45) is 0 Å². The molecule has 0 unspecified atom stereocenters. The van der Waals surface area contributed by atoms with Gasteiger partial charge in [0, 0.05) is 0 Å². The summed E-state index contributed by atoms with van der Waals surface area (Å²) in [5.74, 6) is -4.93. The van der Waals surface area contributed by atoms with Crippen molar-refractivity contribution in [1.82, 2.24) is 4.72 Å². The number of nitrogens with one attached hydrogen (secondary N) is 1. The minimum atomic E-state index is -4.30. The minimum Gasteiger partial charge on any atom is -0.477 e. The second kappa shape index (κ2) is 4.94. The molecule has 0 aromatic heterocycles. The Hall–Kier alpha value is -1.25. The highest BCUT2D eigenvalue weighted by atomic mass is 35.5. The Labute approximate surface area is 100 Å². The van der Waals surface area contributed by atoms with Gasteiger partial charge in [0.15, 0.2) is 5.82 Å². The molecule has 0 aliphatic heterocycles. The number of aromatic carboxylic acids is 1. The molecule has 0 spiro atoms. The molecule has 17 heavy (non-hydrogen) atoms. The Morgan fingerprint density at radius 3 is 2.47 bits per heavy atom. The van der Waals surface area contributed by atoms with Crippen LogP contribution in [-0.4, -0.2) is 25.5 Å². The second-order valence-corrected chi connectivity index (χ2v) is 4.82. The highest BCUT2D eigenvalue weighted by Gasteiger charge is 2.26. The van der Waals surface area contributed by atoms with Crippen molar-refractivity contribution in [2.45, 2.75) is 4.90 Å². The van der Waals surface area contributed by atoms with Crippen LogP contribution in [0.4, 0.5) is 8.78 Å². The Kier molecular flexibility index (Phi) is 4.02. The van der Waals surface area contributed by atoms with E-state index in [1.165, 1.54) is 0 Å². The van der Waals surface area contributed by atoms with E-state index in [1.807, 2.05) is 0 Å². The molecule has 94 valence electrons. The van der Waals surface area contributed by atoms with E-state index >= 15 is 0 Å². The Balaban J connectivity index is 3.49. The summed E-state index contributed by atoms with van der Waals surface area (Å²) in [6.45, 7) is 0. The summed E-state index contributed by atoms with van der Waals surface area (Å²) in [6, 6.07) is 0.642. The largest absolute Gasteiger partial charge is 0.477 e. The van der Waals surface area contributed by atoms with Crippen molar-refractivity contribution in [1.29, 1.82) is 0 Å². The molecule has 0 radical (unpaired) electrons. The average Bonchev–Trinajstić information content (AvgIpc) is 2.15. The fourth-order valence-corrected chi connectivity index (χ4v) is 2.40. The molecule has 0 aliphatic carbocycles. The van der Waals surface area contributed by atoms with Gasteiger partial charge >= 0.3 is 5.97 Å². The topological polar surface area (TPSA) is 83.5 Å². The zero-order chi connectivity index (χ0) is 13.2. The zero-order valence-corrected chi connectivity index (χ0v) is 9.65. The number of hydrogen-bond acceptors (Lipinski definition) is 3. The maximum Gasteiger partial charge on any atom is 0.341 e. The van der Waals surface area contributed by atoms with Crippen LogP contribution in [-0.2, 0) is 10.0 Å². The molecule has 0 heterocycles. The SMILES string of the molecule is O=C(O)c1c(F)ccc(S(=O)(=O)NCCl)c1F. The van der Waals surface area contributed by atoms with Gasteiger partial charge in [-0.25, -0.2) is 22.0 Å². The molecule has 0 bridgehead atoms. The number of benzene rings is 1. The summed E-state index contributed by atoms with van der Waals surface area (Å²) in [7, 11) is -4.30. The van der Waals surface area contributed by atoms with Crippen LogP contribution in [0, 0.1) is 11.6 Å². The molecule has 0 saturated carbocycles. The Morgan fingerprint density at radius 2 is 2.00 bits per heavy atom. The van der Waals surface area contributed by atoms with E-state index in [1.54, 1.807) is 4.72 Å². The summed E-state index contributed by atoms with van der Waals surface area (Å²) in [5.41, 5.74) is -1.33. The number of carbonyl (C=O) groups is 1. The molecule has 0 aliphatic rings. The summed E-state index contributed by atoms with van der Waals surface area (Å²) in [6.07, 6.45) is 0. The van der Waals surface area contributed by atoms with E-state index in [-0.39, 0.29) is 0 Å². The molecular weight excluding hydrogens is 280 g/mol. The molecule has 1 aromatic carbocycles. The molecule has 0 amide bonds. The van der Waals surface area contributed by atoms with Crippen molar-refractivity contribution in [2.75, 3.05) is 6.00 Å². The first kappa shape index (κ1) is 13.8. The van der Waals surface area contributed by atoms with Crippen LogP contribution in [0.25, 0.3) is 0 Å². The maximum atomic E-state index is 13.5. The number of alkyl halides is 1. The standard InChI is InChI=1S/C8H6ClF2NO4S/c9-3-12-17(15,16)5-2-1-4(10)6(7(5)11)8(13)14/h1-2,12H,3H2,(H,13,14). The van der Waals surface area contributed by atoms with Crippen LogP contribution in [0.2, 0.25) is 0 Å². The van der Waals surface area contributed by atoms with Gasteiger partial charge in [-0.2, -0.15) is 4.72 Å². The van der Waals surface area contributed by atoms with Crippen molar-refractivity contribution >= 4 is 27.6 Å². The minimum absolute atomic E-state index is 0.526. The third-order valence-electron chi connectivity index (χ3n) is 1.80. The third kappa shape index (κ3) is 2.71. The Morgan fingerprint density at radius 1 is 1.41 bits per heavy atom. The summed E-state index contributed by atoms with van der Waals surface area (Å²) in [4.78, 5) is 9.58. The first-order valence-electron chi connectivity index (χ1n) is 4.08.